The van der Waals surface area contributed by atoms with Crippen molar-refractivity contribution in [3.8, 4) is 5.75 Å². The number of alkyl halides is 4. The van der Waals surface area contributed by atoms with Crippen molar-refractivity contribution >= 4 is 17.6 Å². The first-order chi connectivity index (χ1) is 14.5. The average molecular weight is 444 g/mol. The van der Waals surface area contributed by atoms with Gasteiger partial charge in [-0.25, -0.2) is 23.1 Å². The number of carbonyl (C=O) groups excluding carboxylic acids is 1. The minimum Gasteiger partial charge on any atom is -0.486 e. The molecule has 1 aromatic heterocycles. The molecule has 3 N–H and O–H groups in total. The highest BCUT2D eigenvalue weighted by Crippen LogP contribution is 2.44. The smallest absolute Gasteiger partial charge is 0.310 e. The summed E-state index contributed by atoms with van der Waals surface area (Å²) in [5.74, 6) is -5.26. The highest BCUT2D eigenvalue weighted by Gasteiger charge is 2.56. The Morgan fingerprint density at radius 3 is 2.71 bits per heavy atom. The molecule has 0 bridgehead atoms. The average Bonchev–Trinajstić information content (AvgIpc) is 2.71. The maximum absolute atomic E-state index is 14.5. The van der Waals surface area contributed by atoms with Crippen LogP contribution in [-0.4, -0.2) is 42.5 Å². The second kappa shape index (κ2) is 8.36. The number of benzene rings is 1. The molecule has 0 saturated heterocycles. The Labute approximate surface area is 173 Å². The minimum atomic E-state index is -3.57. The molecule has 1 unspecified atom stereocenters. The third-order valence-corrected chi connectivity index (χ3v) is 4.54. The van der Waals surface area contributed by atoms with Gasteiger partial charge in [0, 0.05) is 11.3 Å². The van der Waals surface area contributed by atoms with Crippen LogP contribution in [-0.2, 0) is 10.3 Å². The number of amides is 1. The van der Waals surface area contributed by atoms with Gasteiger partial charge in [0.2, 0.25) is 0 Å². The quantitative estimate of drug-likeness (QED) is 0.667. The summed E-state index contributed by atoms with van der Waals surface area (Å²) in [6, 6.07) is 5.07. The van der Waals surface area contributed by atoms with Crippen LogP contribution in [0.25, 0.3) is 0 Å². The van der Waals surface area contributed by atoms with E-state index >= 15 is 0 Å². The molecule has 12 heteroatoms. The molecule has 2 heterocycles. The SMILES string of the molecule is CC1(c2cc(NC(=O)c3ccc(OCC(F)F)cn3)ccc2F)N=C(N)OCC1(F)F. The summed E-state index contributed by atoms with van der Waals surface area (Å²) in [5.41, 5.74) is 2.44. The fourth-order valence-electron chi connectivity index (χ4n) is 2.83. The van der Waals surface area contributed by atoms with E-state index < -0.39 is 54.4 Å². The first-order valence-corrected chi connectivity index (χ1v) is 8.86. The predicted octanol–water partition coefficient (Wildman–Crippen LogP) is 3.31. The van der Waals surface area contributed by atoms with Crippen LogP contribution in [0.5, 0.6) is 5.75 Å². The number of nitrogens with zero attached hydrogens (tertiary/aromatic N) is 2. The van der Waals surface area contributed by atoms with Crippen LogP contribution in [0.4, 0.5) is 27.6 Å². The lowest BCUT2D eigenvalue weighted by Crippen LogP contribution is -2.51. The van der Waals surface area contributed by atoms with E-state index in [0.29, 0.717) is 0 Å². The Balaban J connectivity index is 1.82. The molecule has 1 aliphatic rings. The molecule has 1 atom stereocenters. The van der Waals surface area contributed by atoms with Crippen molar-refractivity contribution in [3.63, 3.8) is 0 Å². The summed E-state index contributed by atoms with van der Waals surface area (Å²) in [5, 5.41) is 2.41. The van der Waals surface area contributed by atoms with Gasteiger partial charge in [0.05, 0.1) is 6.20 Å². The fraction of sp³-hybridized carbons (Fsp3) is 0.316. The molecule has 166 valence electrons. The van der Waals surface area contributed by atoms with E-state index in [2.05, 4.69) is 20.0 Å². The van der Waals surface area contributed by atoms with Crippen molar-refractivity contribution < 1.29 is 36.2 Å². The molecular weight excluding hydrogens is 427 g/mol. The van der Waals surface area contributed by atoms with Crippen LogP contribution in [0, 0.1) is 5.82 Å². The summed E-state index contributed by atoms with van der Waals surface area (Å²) >= 11 is 0. The van der Waals surface area contributed by atoms with Crippen molar-refractivity contribution in [2.45, 2.75) is 24.8 Å². The zero-order valence-electron chi connectivity index (χ0n) is 16.0. The Hall–Kier alpha value is -3.44. The maximum atomic E-state index is 14.5. The molecule has 2 aromatic rings. The molecule has 0 fully saturated rings. The second-order valence-corrected chi connectivity index (χ2v) is 6.75. The minimum absolute atomic E-state index is 0.00137. The molecule has 1 aromatic carbocycles. The molecule has 0 aliphatic carbocycles. The number of pyridine rings is 1. The molecule has 7 nitrogen and oxygen atoms in total. The number of hydrogen-bond acceptors (Lipinski definition) is 6. The van der Waals surface area contributed by atoms with Gasteiger partial charge in [0.25, 0.3) is 18.4 Å². The number of rotatable bonds is 6. The number of halogens is 5. The summed E-state index contributed by atoms with van der Waals surface area (Å²) in [4.78, 5) is 19.8. The van der Waals surface area contributed by atoms with Crippen molar-refractivity contribution in [2.75, 3.05) is 18.5 Å². The highest BCUT2D eigenvalue weighted by molar-refractivity contribution is 6.02. The standard InChI is InChI=1S/C19H17F5N4O3/c1-18(19(23,24)9-31-17(25)28-18)12-6-10(2-4-13(12)20)27-16(29)14-5-3-11(7-26-14)30-8-15(21)22/h2-7,15H,8-9H2,1H3,(H2,25,28)(H,27,29). The summed E-state index contributed by atoms with van der Waals surface area (Å²) < 4.78 is 77.1. The molecule has 3 rings (SSSR count). The summed E-state index contributed by atoms with van der Waals surface area (Å²) in [6.45, 7) is -0.905. The van der Waals surface area contributed by atoms with Gasteiger partial charge in [-0.15, -0.1) is 0 Å². The normalized spacial score (nSPS) is 20.0. The van der Waals surface area contributed by atoms with E-state index in [4.69, 9.17) is 10.5 Å². The second-order valence-electron chi connectivity index (χ2n) is 6.75. The Bertz CT molecular complexity index is 1000. The number of hydrogen-bond donors (Lipinski definition) is 2. The number of nitrogens with one attached hydrogen (secondary N) is 1. The Morgan fingerprint density at radius 1 is 1.32 bits per heavy atom. The fourth-order valence-corrected chi connectivity index (χ4v) is 2.83. The molecule has 0 saturated carbocycles. The van der Waals surface area contributed by atoms with Crippen molar-refractivity contribution in [2.24, 2.45) is 10.7 Å². The number of aromatic nitrogens is 1. The highest BCUT2D eigenvalue weighted by atomic mass is 19.3. The monoisotopic (exact) mass is 444 g/mol. The van der Waals surface area contributed by atoms with Gasteiger partial charge in [0.1, 0.15) is 23.9 Å². The third-order valence-electron chi connectivity index (χ3n) is 4.54. The number of aliphatic imine (C=N–C) groups is 1. The zero-order chi connectivity index (χ0) is 22.8. The van der Waals surface area contributed by atoms with Gasteiger partial charge in [0.15, 0.2) is 12.1 Å². The first kappa shape index (κ1) is 22.2. The molecular formula is C19H17F5N4O3. The van der Waals surface area contributed by atoms with E-state index in [1.807, 2.05) is 0 Å². The van der Waals surface area contributed by atoms with Gasteiger partial charge in [-0.3, -0.25) is 4.79 Å². The van der Waals surface area contributed by atoms with E-state index in [-0.39, 0.29) is 17.1 Å². The lowest BCUT2D eigenvalue weighted by atomic mass is 9.85. The summed E-state index contributed by atoms with van der Waals surface area (Å²) in [6.07, 6.45) is -1.59. The van der Waals surface area contributed by atoms with Crippen LogP contribution in [0.2, 0.25) is 0 Å². The van der Waals surface area contributed by atoms with Crippen LogP contribution < -0.4 is 15.8 Å². The number of nitrogens with two attached hydrogens (primary N) is 1. The molecule has 1 amide bonds. The van der Waals surface area contributed by atoms with E-state index in [1.165, 1.54) is 18.2 Å². The third kappa shape index (κ3) is 4.67. The van der Waals surface area contributed by atoms with Crippen LogP contribution in [0.3, 0.4) is 0 Å². The Kier molecular flexibility index (Phi) is 6.00. The van der Waals surface area contributed by atoms with Gasteiger partial charge < -0.3 is 20.5 Å². The van der Waals surface area contributed by atoms with E-state index in [0.717, 1.165) is 25.3 Å². The molecule has 31 heavy (non-hydrogen) atoms. The van der Waals surface area contributed by atoms with Gasteiger partial charge in [-0.2, -0.15) is 8.78 Å². The number of ether oxygens (including phenoxy) is 2. The van der Waals surface area contributed by atoms with Crippen molar-refractivity contribution in [1.29, 1.82) is 0 Å². The predicted molar refractivity (Wildman–Crippen MR) is 100.0 cm³/mol. The van der Waals surface area contributed by atoms with E-state index in [1.54, 1.807) is 0 Å². The number of anilines is 1. The van der Waals surface area contributed by atoms with Gasteiger partial charge in [-0.05, 0) is 37.3 Å². The summed E-state index contributed by atoms with van der Waals surface area (Å²) in [7, 11) is 0. The first-order valence-electron chi connectivity index (χ1n) is 8.86. The van der Waals surface area contributed by atoms with Crippen molar-refractivity contribution in [1.82, 2.24) is 4.98 Å². The lowest BCUT2D eigenvalue weighted by molar-refractivity contribution is -0.117. The molecule has 0 spiro atoms. The Morgan fingerprint density at radius 2 is 2.06 bits per heavy atom. The van der Waals surface area contributed by atoms with Gasteiger partial charge in [-0.1, -0.05) is 0 Å². The topological polar surface area (TPSA) is 98.8 Å². The zero-order valence-corrected chi connectivity index (χ0v) is 16.0. The van der Waals surface area contributed by atoms with Crippen LogP contribution in [0.1, 0.15) is 23.0 Å². The van der Waals surface area contributed by atoms with Crippen LogP contribution >= 0.6 is 0 Å². The van der Waals surface area contributed by atoms with Gasteiger partial charge >= 0.3 is 5.92 Å². The number of carbonyl (C=O) groups is 1. The number of amidine groups is 1. The lowest BCUT2D eigenvalue weighted by Gasteiger charge is -2.37. The molecule has 1 aliphatic heterocycles. The van der Waals surface area contributed by atoms with E-state index in [9.17, 15) is 26.7 Å². The largest absolute Gasteiger partial charge is 0.486 e. The molecule has 0 radical (unpaired) electrons. The maximum Gasteiger partial charge on any atom is 0.310 e. The van der Waals surface area contributed by atoms with Crippen molar-refractivity contribution in [3.05, 3.63) is 53.6 Å². The van der Waals surface area contributed by atoms with Crippen LogP contribution in [0.15, 0.2) is 41.5 Å².